The fourth-order valence-electron chi connectivity index (χ4n) is 1.90. The van der Waals surface area contributed by atoms with Gasteiger partial charge < -0.3 is 15.2 Å². The molecule has 0 spiro atoms. The van der Waals surface area contributed by atoms with E-state index < -0.39 is 0 Å². The van der Waals surface area contributed by atoms with Crippen molar-refractivity contribution in [1.82, 2.24) is 5.32 Å². The summed E-state index contributed by atoms with van der Waals surface area (Å²) >= 11 is 0. The molecule has 0 saturated heterocycles. The van der Waals surface area contributed by atoms with Gasteiger partial charge in [0.1, 0.15) is 0 Å². The molecule has 0 heterocycles. The summed E-state index contributed by atoms with van der Waals surface area (Å²) in [5, 5.41) is 11.7. The third-order valence-corrected chi connectivity index (χ3v) is 3.17. The Labute approximate surface area is 126 Å². The maximum atomic E-state index is 12.3. The van der Waals surface area contributed by atoms with E-state index >= 15 is 0 Å². The van der Waals surface area contributed by atoms with Crippen molar-refractivity contribution >= 4 is 5.91 Å². The highest BCUT2D eigenvalue weighted by Crippen LogP contribution is 2.13. The number of aliphatic hydroxyl groups excluding tert-OH is 1. The predicted molar refractivity (Wildman–Crippen MR) is 83.2 cm³/mol. The summed E-state index contributed by atoms with van der Waals surface area (Å²) in [6, 6.07) is 5.56. The molecular formula is C17H23NO3. The monoisotopic (exact) mass is 289 g/mol. The normalized spacial score (nSPS) is 11.4. The van der Waals surface area contributed by atoms with E-state index in [0.29, 0.717) is 18.6 Å². The molecule has 1 amide bonds. The van der Waals surface area contributed by atoms with E-state index in [1.54, 1.807) is 13.2 Å². The van der Waals surface area contributed by atoms with Crippen LogP contribution in [0.4, 0.5) is 0 Å². The third-order valence-electron chi connectivity index (χ3n) is 3.17. The first-order valence-electron chi connectivity index (χ1n) is 7.09. The summed E-state index contributed by atoms with van der Waals surface area (Å²) in [5.41, 5.74) is 2.31. The van der Waals surface area contributed by atoms with Gasteiger partial charge in [0.25, 0.3) is 5.91 Å². The van der Waals surface area contributed by atoms with E-state index in [4.69, 9.17) is 9.84 Å². The lowest BCUT2D eigenvalue weighted by Gasteiger charge is -2.15. The number of nitrogens with one attached hydrogen (secondary N) is 1. The van der Waals surface area contributed by atoms with Crippen molar-refractivity contribution < 1.29 is 14.6 Å². The van der Waals surface area contributed by atoms with E-state index in [1.165, 1.54) is 0 Å². The van der Waals surface area contributed by atoms with Gasteiger partial charge >= 0.3 is 0 Å². The molecule has 1 aromatic rings. The zero-order chi connectivity index (χ0) is 15.7. The molecule has 0 aliphatic heterocycles. The Balaban J connectivity index is 2.81. The minimum absolute atomic E-state index is 0.0449. The quantitative estimate of drug-likeness (QED) is 0.786. The minimum Gasteiger partial charge on any atom is -0.395 e. The van der Waals surface area contributed by atoms with Crippen molar-refractivity contribution in [2.75, 3.05) is 20.3 Å². The molecule has 0 aliphatic carbocycles. The maximum absolute atomic E-state index is 12.3. The van der Waals surface area contributed by atoms with E-state index in [9.17, 15) is 4.79 Å². The molecule has 114 valence electrons. The van der Waals surface area contributed by atoms with Gasteiger partial charge in [-0.25, -0.2) is 0 Å². The highest BCUT2D eigenvalue weighted by atomic mass is 16.5. The van der Waals surface area contributed by atoms with Crippen molar-refractivity contribution in [3.05, 3.63) is 34.9 Å². The molecule has 21 heavy (non-hydrogen) atoms. The third kappa shape index (κ3) is 5.58. The van der Waals surface area contributed by atoms with Crippen LogP contribution in [0.3, 0.4) is 0 Å². The van der Waals surface area contributed by atoms with Crippen molar-refractivity contribution in [2.45, 2.75) is 32.7 Å². The number of rotatable bonds is 6. The number of hydrogen-bond donors (Lipinski definition) is 2. The van der Waals surface area contributed by atoms with Gasteiger partial charge in [0.15, 0.2) is 0 Å². The summed E-state index contributed by atoms with van der Waals surface area (Å²) in [5.74, 6) is 5.77. The summed E-state index contributed by atoms with van der Waals surface area (Å²) < 4.78 is 5.01. The van der Waals surface area contributed by atoms with Crippen LogP contribution in [0, 0.1) is 18.8 Å². The molecule has 0 aromatic heterocycles. The van der Waals surface area contributed by atoms with Gasteiger partial charge in [-0.2, -0.15) is 0 Å². The molecule has 0 bridgehead atoms. The lowest BCUT2D eigenvalue weighted by Crippen LogP contribution is -2.33. The number of carbonyl (C=O) groups excluding carboxylic acids is 1. The van der Waals surface area contributed by atoms with Crippen LogP contribution in [-0.2, 0) is 4.74 Å². The Morgan fingerprint density at radius 1 is 1.48 bits per heavy atom. The lowest BCUT2D eigenvalue weighted by atomic mass is 10.0. The predicted octanol–water partition coefficient (Wildman–Crippen LogP) is 1.88. The van der Waals surface area contributed by atoms with E-state index in [2.05, 4.69) is 17.2 Å². The molecule has 4 nitrogen and oxygen atoms in total. The van der Waals surface area contributed by atoms with E-state index in [0.717, 1.165) is 17.5 Å². The largest absolute Gasteiger partial charge is 0.395 e. The fourth-order valence-corrected chi connectivity index (χ4v) is 1.90. The van der Waals surface area contributed by atoms with Gasteiger partial charge in [0.2, 0.25) is 0 Å². The van der Waals surface area contributed by atoms with Crippen LogP contribution in [0.2, 0.25) is 0 Å². The number of methoxy groups -OCH3 is 1. The molecule has 1 atom stereocenters. The first-order chi connectivity index (χ1) is 10.1. The van der Waals surface area contributed by atoms with Crippen molar-refractivity contribution in [3.63, 3.8) is 0 Å². The second kappa shape index (κ2) is 9.17. The first kappa shape index (κ1) is 17.2. The zero-order valence-corrected chi connectivity index (χ0v) is 12.9. The number of benzene rings is 1. The standard InChI is InChI=1S/C17H23NO3/c1-13(10-12-21-3)18-17(20)16-9-6-8-15(14(16)2)7-4-5-11-19/h6,8-9,13,19H,5,10-12H2,1-3H3,(H,18,20). The molecule has 0 fully saturated rings. The van der Waals surface area contributed by atoms with Crippen LogP contribution in [0.15, 0.2) is 18.2 Å². The van der Waals surface area contributed by atoms with Gasteiger partial charge in [-0.15, -0.1) is 0 Å². The summed E-state index contributed by atoms with van der Waals surface area (Å²) in [4.78, 5) is 12.3. The van der Waals surface area contributed by atoms with Crippen LogP contribution in [0.25, 0.3) is 0 Å². The SMILES string of the molecule is COCCC(C)NC(=O)c1cccc(C#CCCO)c1C. The summed E-state index contributed by atoms with van der Waals surface area (Å²) in [7, 11) is 1.65. The van der Waals surface area contributed by atoms with E-state index in [1.807, 2.05) is 26.0 Å². The van der Waals surface area contributed by atoms with Gasteiger partial charge in [0, 0.05) is 37.3 Å². The van der Waals surface area contributed by atoms with Crippen molar-refractivity contribution in [3.8, 4) is 11.8 Å². The fraction of sp³-hybridized carbons (Fsp3) is 0.471. The van der Waals surface area contributed by atoms with Gasteiger partial charge in [-0.3, -0.25) is 4.79 Å². The molecule has 1 rings (SSSR count). The second-order valence-electron chi connectivity index (χ2n) is 4.91. The Morgan fingerprint density at radius 2 is 2.24 bits per heavy atom. The number of amides is 1. The van der Waals surface area contributed by atoms with Crippen LogP contribution >= 0.6 is 0 Å². The number of hydrogen-bond acceptors (Lipinski definition) is 3. The van der Waals surface area contributed by atoms with Crippen LogP contribution in [-0.4, -0.2) is 37.4 Å². The van der Waals surface area contributed by atoms with Gasteiger partial charge in [-0.05, 0) is 38.0 Å². The molecular weight excluding hydrogens is 266 g/mol. The maximum Gasteiger partial charge on any atom is 0.251 e. The Kier molecular flexibility index (Phi) is 7.52. The molecule has 0 saturated carbocycles. The first-order valence-corrected chi connectivity index (χ1v) is 7.09. The topological polar surface area (TPSA) is 58.6 Å². The van der Waals surface area contributed by atoms with Crippen molar-refractivity contribution in [1.29, 1.82) is 0 Å². The lowest BCUT2D eigenvalue weighted by molar-refractivity contribution is 0.0929. The minimum atomic E-state index is -0.0955. The summed E-state index contributed by atoms with van der Waals surface area (Å²) in [6.07, 6.45) is 1.21. The van der Waals surface area contributed by atoms with Crippen LogP contribution in [0.1, 0.15) is 41.3 Å². The molecule has 4 heteroatoms. The second-order valence-corrected chi connectivity index (χ2v) is 4.91. The average Bonchev–Trinajstić information content (AvgIpc) is 2.47. The van der Waals surface area contributed by atoms with Gasteiger partial charge in [0.05, 0.1) is 6.61 Å². The Hall–Kier alpha value is -1.83. The Bertz CT molecular complexity index is 529. The highest BCUT2D eigenvalue weighted by Gasteiger charge is 2.13. The smallest absolute Gasteiger partial charge is 0.251 e. The molecule has 1 aromatic carbocycles. The zero-order valence-electron chi connectivity index (χ0n) is 12.9. The van der Waals surface area contributed by atoms with Crippen molar-refractivity contribution in [2.24, 2.45) is 0 Å². The number of carbonyl (C=O) groups is 1. The summed E-state index contributed by atoms with van der Waals surface area (Å²) in [6.45, 7) is 4.51. The molecule has 0 aliphatic rings. The molecule has 2 N–H and O–H groups in total. The van der Waals surface area contributed by atoms with Gasteiger partial charge in [-0.1, -0.05) is 17.9 Å². The number of aliphatic hydroxyl groups is 1. The van der Waals surface area contributed by atoms with Crippen LogP contribution < -0.4 is 5.32 Å². The van der Waals surface area contributed by atoms with E-state index in [-0.39, 0.29) is 18.6 Å². The molecule has 1 unspecified atom stereocenters. The highest BCUT2D eigenvalue weighted by molar-refractivity contribution is 5.96. The molecule has 0 radical (unpaired) electrons. The Morgan fingerprint density at radius 3 is 2.90 bits per heavy atom. The van der Waals surface area contributed by atoms with Crippen LogP contribution in [0.5, 0.6) is 0 Å². The average molecular weight is 289 g/mol. The number of ether oxygens (including phenoxy) is 1.